The van der Waals surface area contributed by atoms with Crippen LogP contribution in [0, 0.1) is 5.92 Å². The molecule has 0 saturated heterocycles. The van der Waals surface area contributed by atoms with Crippen LogP contribution in [0.1, 0.15) is 63.7 Å². The molecule has 0 radical (unpaired) electrons. The third kappa shape index (κ3) is 7.28. The summed E-state index contributed by atoms with van der Waals surface area (Å²) in [5.41, 5.74) is 2.14. The molecule has 1 atom stereocenters. The van der Waals surface area contributed by atoms with Crippen molar-refractivity contribution in [3.05, 3.63) is 35.4 Å². The van der Waals surface area contributed by atoms with Crippen LogP contribution in [-0.4, -0.2) is 17.7 Å². The summed E-state index contributed by atoms with van der Waals surface area (Å²) in [6.07, 6.45) is 3.02. The highest BCUT2D eigenvalue weighted by Crippen LogP contribution is 2.20. The van der Waals surface area contributed by atoms with E-state index in [4.69, 9.17) is 4.74 Å². The number of esters is 1. The van der Waals surface area contributed by atoms with Gasteiger partial charge >= 0.3 is 5.97 Å². The first-order chi connectivity index (χ1) is 10.0. The van der Waals surface area contributed by atoms with Crippen molar-refractivity contribution >= 4 is 5.97 Å². The van der Waals surface area contributed by atoms with Crippen molar-refractivity contribution in [3.8, 4) is 0 Å². The fourth-order valence-corrected chi connectivity index (χ4v) is 2.17. The molecule has 1 aromatic rings. The third-order valence-corrected chi connectivity index (χ3v) is 3.39. The van der Waals surface area contributed by atoms with E-state index < -0.39 is 6.10 Å². The number of aliphatic hydroxyl groups excluding tert-OH is 1. The summed E-state index contributed by atoms with van der Waals surface area (Å²) in [7, 11) is 0. The predicted molar refractivity (Wildman–Crippen MR) is 85.0 cm³/mol. The predicted octanol–water partition coefficient (Wildman–Crippen LogP) is 4.04. The zero-order chi connectivity index (χ0) is 15.7. The number of hydrogen-bond donors (Lipinski definition) is 1. The van der Waals surface area contributed by atoms with Crippen molar-refractivity contribution in [2.24, 2.45) is 5.92 Å². The molecule has 0 aromatic heterocycles. The van der Waals surface area contributed by atoms with E-state index in [0.29, 0.717) is 18.9 Å². The highest BCUT2D eigenvalue weighted by atomic mass is 16.5. The number of aliphatic hydroxyl groups is 1. The van der Waals surface area contributed by atoms with Crippen molar-refractivity contribution in [3.63, 3.8) is 0 Å². The van der Waals surface area contributed by atoms with Gasteiger partial charge in [0.15, 0.2) is 0 Å². The molecule has 1 unspecified atom stereocenters. The maximum Gasteiger partial charge on any atom is 0.305 e. The zero-order valence-electron chi connectivity index (χ0n) is 13.5. The summed E-state index contributed by atoms with van der Waals surface area (Å²) in [6.45, 7) is 6.91. The summed E-state index contributed by atoms with van der Waals surface area (Å²) in [5, 5.41) is 10.1. The lowest BCUT2D eigenvalue weighted by atomic mass is 9.99. The third-order valence-electron chi connectivity index (χ3n) is 3.39. The second kappa shape index (κ2) is 9.56. The summed E-state index contributed by atoms with van der Waals surface area (Å²) < 4.78 is 5.08. The van der Waals surface area contributed by atoms with Crippen LogP contribution in [0.15, 0.2) is 24.3 Å². The lowest BCUT2D eigenvalue weighted by Gasteiger charge is -2.12. The second-order valence-electron chi connectivity index (χ2n) is 5.97. The van der Waals surface area contributed by atoms with Gasteiger partial charge < -0.3 is 9.84 Å². The number of rotatable bonds is 9. The summed E-state index contributed by atoms with van der Waals surface area (Å²) in [4.78, 5) is 11.5. The number of unbranched alkanes of at least 4 members (excludes halogenated alkanes) is 1. The van der Waals surface area contributed by atoms with Gasteiger partial charge in [-0.15, -0.1) is 0 Å². The number of ether oxygens (including phenoxy) is 1. The quantitative estimate of drug-likeness (QED) is 0.552. The molecular formula is C18H28O3. The van der Waals surface area contributed by atoms with Crippen LogP contribution in [0.25, 0.3) is 0 Å². The molecule has 3 heteroatoms. The fourth-order valence-electron chi connectivity index (χ4n) is 2.17. The molecule has 1 rings (SSSR count). The molecule has 21 heavy (non-hydrogen) atoms. The molecule has 118 valence electrons. The fraction of sp³-hybridized carbons (Fsp3) is 0.611. The highest BCUT2D eigenvalue weighted by Gasteiger charge is 2.11. The summed E-state index contributed by atoms with van der Waals surface area (Å²) in [5.74, 6) is 0.401. The first-order valence-corrected chi connectivity index (χ1v) is 7.95. The Morgan fingerprint density at radius 3 is 2.48 bits per heavy atom. The van der Waals surface area contributed by atoms with E-state index >= 15 is 0 Å². The average Bonchev–Trinajstić information content (AvgIpc) is 2.45. The molecule has 0 bridgehead atoms. The number of hydrogen-bond acceptors (Lipinski definition) is 3. The molecule has 0 aliphatic rings. The van der Waals surface area contributed by atoms with Gasteiger partial charge in [0.25, 0.3) is 0 Å². The van der Waals surface area contributed by atoms with Crippen LogP contribution in [0.4, 0.5) is 0 Å². The lowest BCUT2D eigenvalue weighted by molar-refractivity contribution is -0.144. The van der Waals surface area contributed by atoms with E-state index in [-0.39, 0.29) is 12.4 Å². The smallest absolute Gasteiger partial charge is 0.305 e. The van der Waals surface area contributed by atoms with Crippen LogP contribution < -0.4 is 0 Å². The maximum atomic E-state index is 11.5. The molecule has 1 N–H and O–H groups in total. The molecule has 0 aliphatic heterocycles. The SMILES string of the molecule is CCCCOC(=O)CCC(O)c1ccc(CC(C)C)cc1. The normalized spacial score (nSPS) is 12.4. The minimum atomic E-state index is -0.600. The molecule has 0 saturated carbocycles. The Balaban J connectivity index is 2.37. The first-order valence-electron chi connectivity index (χ1n) is 7.95. The Morgan fingerprint density at radius 2 is 1.90 bits per heavy atom. The van der Waals surface area contributed by atoms with Crippen LogP contribution >= 0.6 is 0 Å². The zero-order valence-corrected chi connectivity index (χ0v) is 13.5. The van der Waals surface area contributed by atoms with Crippen LogP contribution in [0.3, 0.4) is 0 Å². The molecule has 0 aliphatic carbocycles. The van der Waals surface area contributed by atoms with Gasteiger partial charge in [0.2, 0.25) is 0 Å². The Hall–Kier alpha value is -1.35. The van der Waals surface area contributed by atoms with E-state index in [1.165, 1.54) is 5.56 Å². The number of carbonyl (C=O) groups excluding carboxylic acids is 1. The van der Waals surface area contributed by atoms with Gasteiger partial charge in [-0.3, -0.25) is 4.79 Å². The van der Waals surface area contributed by atoms with E-state index in [2.05, 4.69) is 32.9 Å². The molecular weight excluding hydrogens is 264 g/mol. The molecule has 0 heterocycles. The van der Waals surface area contributed by atoms with Crippen molar-refractivity contribution in [2.45, 2.75) is 59.0 Å². The Kier molecular flexibility index (Phi) is 8.06. The van der Waals surface area contributed by atoms with Crippen molar-refractivity contribution in [1.29, 1.82) is 0 Å². The number of benzene rings is 1. The minimum Gasteiger partial charge on any atom is -0.466 e. The van der Waals surface area contributed by atoms with E-state index in [0.717, 1.165) is 24.8 Å². The highest BCUT2D eigenvalue weighted by molar-refractivity contribution is 5.69. The van der Waals surface area contributed by atoms with E-state index in [1.54, 1.807) is 0 Å². The van der Waals surface area contributed by atoms with Crippen molar-refractivity contribution in [2.75, 3.05) is 6.61 Å². The largest absolute Gasteiger partial charge is 0.466 e. The minimum absolute atomic E-state index is 0.223. The summed E-state index contributed by atoms with van der Waals surface area (Å²) >= 11 is 0. The standard InChI is InChI=1S/C18H28O3/c1-4-5-12-21-18(20)11-10-17(19)16-8-6-15(7-9-16)13-14(2)3/h6-9,14,17,19H,4-5,10-13H2,1-3H3. The van der Waals surface area contributed by atoms with E-state index in [1.807, 2.05) is 12.1 Å². The summed E-state index contributed by atoms with van der Waals surface area (Å²) in [6, 6.07) is 8.01. The van der Waals surface area contributed by atoms with Gasteiger partial charge in [-0.05, 0) is 36.3 Å². The molecule has 1 aromatic carbocycles. The Bertz CT molecular complexity index is 409. The monoisotopic (exact) mass is 292 g/mol. The topological polar surface area (TPSA) is 46.5 Å². The van der Waals surface area contributed by atoms with Gasteiger partial charge in [0.1, 0.15) is 0 Å². The van der Waals surface area contributed by atoms with Gasteiger partial charge in [0, 0.05) is 6.42 Å². The van der Waals surface area contributed by atoms with Crippen LogP contribution in [0.5, 0.6) is 0 Å². The van der Waals surface area contributed by atoms with Gasteiger partial charge in [-0.2, -0.15) is 0 Å². The lowest BCUT2D eigenvalue weighted by Crippen LogP contribution is -2.08. The molecule has 0 fully saturated rings. The number of carbonyl (C=O) groups is 1. The molecule has 0 amide bonds. The van der Waals surface area contributed by atoms with E-state index in [9.17, 15) is 9.90 Å². The van der Waals surface area contributed by atoms with Crippen molar-refractivity contribution in [1.82, 2.24) is 0 Å². The van der Waals surface area contributed by atoms with Crippen LogP contribution in [0.2, 0.25) is 0 Å². The van der Waals surface area contributed by atoms with Crippen LogP contribution in [-0.2, 0) is 16.0 Å². The van der Waals surface area contributed by atoms with Gasteiger partial charge in [-0.25, -0.2) is 0 Å². The van der Waals surface area contributed by atoms with Gasteiger partial charge in [0.05, 0.1) is 12.7 Å². The maximum absolute atomic E-state index is 11.5. The van der Waals surface area contributed by atoms with Crippen molar-refractivity contribution < 1.29 is 14.6 Å². The average molecular weight is 292 g/mol. The molecule has 3 nitrogen and oxygen atoms in total. The second-order valence-corrected chi connectivity index (χ2v) is 5.97. The first kappa shape index (κ1) is 17.7. The Morgan fingerprint density at radius 1 is 1.24 bits per heavy atom. The molecule has 0 spiro atoms. The van der Waals surface area contributed by atoms with Gasteiger partial charge in [-0.1, -0.05) is 51.5 Å². The Labute approximate surface area is 128 Å².